The van der Waals surface area contributed by atoms with Gasteiger partial charge in [-0.2, -0.15) is 5.10 Å². The summed E-state index contributed by atoms with van der Waals surface area (Å²) in [6.45, 7) is 0.762. The second-order valence-corrected chi connectivity index (χ2v) is 8.75. The molecule has 0 fully saturated rings. The second-order valence-electron chi connectivity index (χ2n) is 8.75. The van der Waals surface area contributed by atoms with Gasteiger partial charge in [-0.05, 0) is 54.4 Å². The molecular formula is C30H32N2O2. The number of aromatic nitrogens is 2. The number of carbonyl (C=O) groups is 1. The zero-order valence-electron chi connectivity index (χ0n) is 19.8. The van der Waals surface area contributed by atoms with E-state index in [9.17, 15) is 4.79 Å². The summed E-state index contributed by atoms with van der Waals surface area (Å²) < 4.78 is 7.04. The van der Waals surface area contributed by atoms with Crippen LogP contribution in [0, 0.1) is 5.92 Å². The molecule has 4 nitrogen and oxygen atoms in total. The Hall–Kier alpha value is -3.66. The van der Waals surface area contributed by atoms with Gasteiger partial charge in [-0.3, -0.25) is 9.48 Å². The Morgan fingerprint density at radius 1 is 0.794 bits per heavy atom. The van der Waals surface area contributed by atoms with Crippen molar-refractivity contribution in [1.29, 1.82) is 0 Å². The first-order valence-corrected chi connectivity index (χ1v) is 12.0. The van der Waals surface area contributed by atoms with Crippen molar-refractivity contribution in [2.45, 2.75) is 38.6 Å². The molecule has 0 amide bonds. The zero-order chi connectivity index (χ0) is 23.6. The number of esters is 1. The molecule has 0 saturated carbocycles. The Morgan fingerprint density at radius 2 is 1.44 bits per heavy atom. The van der Waals surface area contributed by atoms with Crippen molar-refractivity contribution >= 4 is 5.97 Å². The zero-order valence-corrected chi connectivity index (χ0v) is 19.8. The minimum atomic E-state index is -0.101. The van der Waals surface area contributed by atoms with E-state index in [1.165, 1.54) is 23.8 Å². The average Bonchev–Trinajstić information content (AvgIpc) is 3.35. The summed E-state index contributed by atoms with van der Waals surface area (Å²) in [7, 11) is 1.49. The molecule has 0 aliphatic heterocycles. The third kappa shape index (κ3) is 6.67. The van der Waals surface area contributed by atoms with E-state index in [0.717, 1.165) is 49.8 Å². The molecule has 0 N–H and O–H groups in total. The van der Waals surface area contributed by atoms with Crippen LogP contribution in [0.3, 0.4) is 0 Å². The highest BCUT2D eigenvalue weighted by Crippen LogP contribution is 2.22. The number of rotatable bonds is 11. The van der Waals surface area contributed by atoms with E-state index in [-0.39, 0.29) is 11.9 Å². The molecule has 0 aliphatic carbocycles. The normalized spacial score (nSPS) is 11.8. The van der Waals surface area contributed by atoms with Gasteiger partial charge in [0.05, 0.1) is 25.8 Å². The number of hydrogen-bond acceptors (Lipinski definition) is 3. The molecule has 0 bridgehead atoms. The van der Waals surface area contributed by atoms with Gasteiger partial charge < -0.3 is 4.74 Å². The van der Waals surface area contributed by atoms with Gasteiger partial charge in [-0.25, -0.2) is 0 Å². The van der Waals surface area contributed by atoms with E-state index in [0.29, 0.717) is 0 Å². The van der Waals surface area contributed by atoms with E-state index < -0.39 is 0 Å². The summed E-state index contributed by atoms with van der Waals surface area (Å²) >= 11 is 0. The van der Waals surface area contributed by atoms with E-state index in [1.807, 2.05) is 35.1 Å². The number of carbonyl (C=O) groups excluding carboxylic acids is 1. The number of hydrogen-bond donors (Lipinski definition) is 0. The fourth-order valence-corrected chi connectivity index (χ4v) is 4.32. The lowest BCUT2D eigenvalue weighted by Gasteiger charge is -2.15. The van der Waals surface area contributed by atoms with Gasteiger partial charge in [-0.15, -0.1) is 0 Å². The van der Waals surface area contributed by atoms with Crippen LogP contribution < -0.4 is 0 Å². The largest absolute Gasteiger partial charge is 0.469 e. The summed E-state index contributed by atoms with van der Waals surface area (Å²) in [4.78, 5) is 12.3. The van der Waals surface area contributed by atoms with Gasteiger partial charge in [-0.1, -0.05) is 84.9 Å². The molecule has 3 aromatic carbocycles. The third-order valence-corrected chi connectivity index (χ3v) is 6.28. The van der Waals surface area contributed by atoms with Crippen LogP contribution in [0.1, 0.15) is 36.0 Å². The molecule has 0 spiro atoms. The standard InChI is InChI=1S/C30H32N2O2/c1-34-30(33)28(14-8-13-24-9-4-2-5-10-24)20-17-25-15-18-27(19-16-25)29-21-31-32(23-29)22-26-11-6-3-7-12-26/h2-7,9-12,15-16,18-19,21,23,28H,8,13-14,17,20,22H2,1H3. The Balaban J connectivity index is 1.30. The van der Waals surface area contributed by atoms with Crippen LogP contribution in [0.25, 0.3) is 11.1 Å². The SMILES string of the molecule is COC(=O)C(CCCc1ccccc1)CCc1ccc(-c2cnn(Cc3ccccc3)c2)cc1. The Morgan fingerprint density at radius 3 is 2.12 bits per heavy atom. The molecule has 4 aromatic rings. The number of benzene rings is 3. The number of ether oxygens (including phenoxy) is 1. The summed E-state index contributed by atoms with van der Waals surface area (Å²) in [6.07, 6.45) is 8.48. The van der Waals surface area contributed by atoms with E-state index in [4.69, 9.17) is 4.74 Å². The fraction of sp³-hybridized carbons (Fsp3) is 0.267. The predicted molar refractivity (Wildman–Crippen MR) is 136 cm³/mol. The Kier molecular flexibility index (Phi) is 8.28. The first-order valence-electron chi connectivity index (χ1n) is 12.0. The number of aryl methyl sites for hydroxylation is 2. The quantitative estimate of drug-likeness (QED) is 0.249. The summed E-state index contributed by atoms with van der Waals surface area (Å²) in [5.74, 6) is -0.167. The van der Waals surface area contributed by atoms with Crippen molar-refractivity contribution in [2.24, 2.45) is 5.92 Å². The lowest BCUT2D eigenvalue weighted by molar-refractivity contribution is -0.145. The van der Waals surface area contributed by atoms with Crippen LogP contribution in [-0.4, -0.2) is 22.9 Å². The monoisotopic (exact) mass is 452 g/mol. The highest BCUT2D eigenvalue weighted by Gasteiger charge is 2.18. The smallest absolute Gasteiger partial charge is 0.308 e. The fourth-order valence-electron chi connectivity index (χ4n) is 4.32. The first kappa shape index (κ1) is 23.5. The molecule has 1 heterocycles. The molecule has 4 heteroatoms. The predicted octanol–water partition coefficient (Wildman–Crippen LogP) is 6.34. The van der Waals surface area contributed by atoms with Gasteiger partial charge in [0.2, 0.25) is 0 Å². The lowest BCUT2D eigenvalue weighted by atomic mass is 9.93. The van der Waals surface area contributed by atoms with E-state index >= 15 is 0 Å². The van der Waals surface area contributed by atoms with Crippen molar-refractivity contribution in [3.05, 3.63) is 114 Å². The molecule has 1 aromatic heterocycles. The minimum Gasteiger partial charge on any atom is -0.469 e. The van der Waals surface area contributed by atoms with Crippen LogP contribution >= 0.6 is 0 Å². The molecule has 174 valence electrons. The van der Waals surface area contributed by atoms with Gasteiger partial charge in [0.15, 0.2) is 0 Å². The molecule has 0 aliphatic rings. The van der Waals surface area contributed by atoms with Crippen LogP contribution in [0.2, 0.25) is 0 Å². The van der Waals surface area contributed by atoms with E-state index in [1.54, 1.807) is 0 Å². The van der Waals surface area contributed by atoms with Gasteiger partial charge in [0.25, 0.3) is 0 Å². The second kappa shape index (κ2) is 12.0. The number of nitrogens with zero attached hydrogens (tertiary/aromatic N) is 2. The summed E-state index contributed by atoms with van der Waals surface area (Å²) in [6, 6.07) is 29.4. The maximum atomic E-state index is 12.3. The van der Waals surface area contributed by atoms with Crippen molar-refractivity contribution in [1.82, 2.24) is 9.78 Å². The van der Waals surface area contributed by atoms with Gasteiger partial charge in [0, 0.05) is 11.8 Å². The van der Waals surface area contributed by atoms with Crippen molar-refractivity contribution < 1.29 is 9.53 Å². The number of methoxy groups -OCH3 is 1. The van der Waals surface area contributed by atoms with Crippen LogP contribution in [0.4, 0.5) is 0 Å². The lowest BCUT2D eigenvalue weighted by Crippen LogP contribution is -2.17. The maximum absolute atomic E-state index is 12.3. The van der Waals surface area contributed by atoms with Crippen LogP contribution in [0.15, 0.2) is 97.3 Å². The maximum Gasteiger partial charge on any atom is 0.308 e. The summed E-state index contributed by atoms with van der Waals surface area (Å²) in [5.41, 5.74) is 6.04. The van der Waals surface area contributed by atoms with Gasteiger partial charge >= 0.3 is 5.97 Å². The molecule has 1 atom stereocenters. The molecule has 34 heavy (non-hydrogen) atoms. The van der Waals surface area contributed by atoms with Crippen LogP contribution in [-0.2, 0) is 28.9 Å². The third-order valence-electron chi connectivity index (χ3n) is 6.28. The van der Waals surface area contributed by atoms with Crippen molar-refractivity contribution in [3.63, 3.8) is 0 Å². The topological polar surface area (TPSA) is 44.1 Å². The minimum absolute atomic E-state index is 0.0652. The van der Waals surface area contributed by atoms with Crippen molar-refractivity contribution in [2.75, 3.05) is 7.11 Å². The van der Waals surface area contributed by atoms with E-state index in [2.05, 4.69) is 72.0 Å². The average molecular weight is 453 g/mol. The Labute approximate surface area is 202 Å². The molecule has 0 saturated heterocycles. The summed E-state index contributed by atoms with van der Waals surface area (Å²) in [5, 5.41) is 4.51. The molecule has 4 rings (SSSR count). The Bertz CT molecular complexity index is 1150. The van der Waals surface area contributed by atoms with Crippen LogP contribution in [0.5, 0.6) is 0 Å². The molecule has 1 unspecified atom stereocenters. The molecule has 0 radical (unpaired) electrons. The highest BCUT2D eigenvalue weighted by molar-refractivity contribution is 5.72. The van der Waals surface area contributed by atoms with Gasteiger partial charge in [0.1, 0.15) is 0 Å². The van der Waals surface area contributed by atoms with Crippen molar-refractivity contribution in [3.8, 4) is 11.1 Å². The highest BCUT2D eigenvalue weighted by atomic mass is 16.5. The molecular weight excluding hydrogens is 420 g/mol. The first-order chi connectivity index (χ1) is 16.7.